The predicted molar refractivity (Wildman–Crippen MR) is 176 cm³/mol. The zero-order valence-electron chi connectivity index (χ0n) is 26.2. The number of amides is 2. The summed E-state index contributed by atoms with van der Waals surface area (Å²) in [6.45, 7) is 11.8. The van der Waals surface area contributed by atoms with Crippen LogP contribution in [0.2, 0.25) is 0 Å². The van der Waals surface area contributed by atoms with Gasteiger partial charge in [-0.1, -0.05) is 26.0 Å². The summed E-state index contributed by atoms with van der Waals surface area (Å²) in [7, 11) is 3.70. The van der Waals surface area contributed by atoms with Crippen molar-refractivity contribution in [2.45, 2.75) is 20.4 Å². The number of nitrogens with zero attached hydrogens (tertiary/aromatic N) is 4. The van der Waals surface area contributed by atoms with Crippen molar-refractivity contribution in [3.63, 3.8) is 0 Å². The van der Waals surface area contributed by atoms with Crippen LogP contribution in [0.5, 0.6) is 5.75 Å². The highest BCUT2D eigenvalue weighted by molar-refractivity contribution is 6.09. The van der Waals surface area contributed by atoms with Gasteiger partial charge in [0.2, 0.25) is 0 Å². The van der Waals surface area contributed by atoms with Crippen LogP contribution in [-0.2, 0) is 11.3 Å². The van der Waals surface area contributed by atoms with Crippen molar-refractivity contribution >= 4 is 29.4 Å². The Hall–Kier alpha value is -4.25. The highest BCUT2D eigenvalue weighted by Crippen LogP contribution is 2.25. The normalized spacial score (nSPS) is 13.5. The molecule has 44 heavy (non-hydrogen) atoms. The molecule has 0 atom stereocenters. The summed E-state index contributed by atoms with van der Waals surface area (Å²) in [6, 6.07) is 20.4. The molecule has 1 saturated heterocycles. The molecule has 4 rings (SSSR count). The van der Waals surface area contributed by atoms with Gasteiger partial charge in [-0.2, -0.15) is 5.10 Å². The number of methoxy groups -OCH3 is 1. The van der Waals surface area contributed by atoms with Gasteiger partial charge in [-0.3, -0.25) is 9.59 Å². The molecule has 234 valence electrons. The minimum Gasteiger partial charge on any atom is -0.497 e. The van der Waals surface area contributed by atoms with Crippen LogP contribution >= 0.6 is 0 Å². The number of hydrazone groups is 1. The third-order valence-corrected chi connectivity index (χ3v) is 7.70. The zero-order chi connectivity index (χ0) is 31.3. The topological polar surface area (TPSA) is 98.7 Å². The Balaban J connectivity index is 1.48. The molecule has 1 fully saturated rings. The van der Waals surface area contributed by atoms with Gasteiger partial charge in [-0.05, 0) is 85.9 Å². The largest absolute Gasteiger partial charge is 0.497 e. The van der Waals surface area contributed by atoms with Crippen LogP contribution in [-0.4, -0.2) is 94.5 Å². The van der Waals surface area contributed by atoms with E-state index in [4.69, 9.17) is 9.47 Å². The van der Waals surface area contributed by atoms with Gasteiger partial charge >= 0.3 is 0 Å². The molecular weight excluding hydrogens is 556 g/mol. The van der Waals surface area contributed by atoms with Crippen LogP contribution in [0.15, 0.2) is 71.8 Å². The SMILES string of the molecule is CCN(CC)CCN(C)Cc1cccc(C(=O)Nc2ccc(N3CCOCC3)cc2C(=O)NN=Cc2ccc(OC)cc2)c1. The van der Waals surface area contributed by atoms with E-state index < -0.39 is 5.91 Å². The minimum atomic E-state index is -0.427. The van der Waals surface area contributed by atoms with Crippen LogP contribution in [0.1, 0.15) is 45.7 Å². The number of morpholine rings is 1. The van der Waals surface area contributed by atoms with Gasteiger partial charge in [0.1, 0.15) is 5.75 Å². The van der Waals surface area contributed by atoms with E-state index in [-0.39, 0.29) is 5.91 Å². The maximum Gasteiger partial charge on any atom is 0.273 e. The average Bonchev–Trinajstić information content (AvgIpc) is 3.06. The summed E-state index contributed by atoms with van der Waals surface area (Å²) in [4.78, 5) is 33.6. The first kappa shape index (κ1) is 32.7. The first-order valence-corrected chi connectivity index (χ1v) is 15.2. The van der Waals surface area contributed by atoms with Crippen LogP contribution in [0.3, 0.4) is 0 Å². The molecule has 1 heterocycles. The Morgan fingerprint density at radius 1 is 0.977 bits per heavy atom. The van der Waals surface area contributed by atoms with E-state index in [1.807, 2.05) is 48.5 Å². The van der Waals surface area contributed by atoms with E-state index in [9.17, 15) is 9.59 Å². The molecule has 0 aliphatic carbocycles. The first-order valence-electron chi connectivity index (χ1n) is 15.2. The van der Waals surface area contributed by atoms with E-state index in [0.717, 1.165) is 68.4 Å². The Morgan fingerprint density at radius 2 is 1.73 bits per heavy atom. The highest BCUT2D eigenvalue weighted by Gasteiger charge is 2.19. The summed E-state index contributed by atoms with van der Waals surface area (Å²) in [6.07, 6.45) is 1.56. The molecule has 0 aromatic heterocycles. The first-order chi connectivity index (χ1) is 21.4. The second kappa shape index (κ2) is 16.6. The summed E-state index contributed by atoms with van der Waals surface area (Å²) in [5.41, 5.74) is 6.61. The summed E-state index contributed by atoms with van der Waals surface area (Å²) >= 11 is 0. The zero-order valence-corrected chi connectivity index (χ0v) is 26.2. The molecule has 0 bridgehead atoms. The van der Waals surface area contributed by atoms with Gasteiger partial charge in [0, 0.05) is 44.0 Å². The molecule has 0 radical (unpaired) electrons. The molecule has 1 aliphatic heterocycles. The number of hydrogen-bond donors (Lipinski definition) is 2. The average molecular weight is 601 g/mol. The fourth-order valence-corrected chi connectivity index (χ4v) is 5.01. The summed E-state index contributed by atoms with van der Waals surface area (Å²) < 4.78 is 10.7. The van der Waals surface area contributed by atoms with E-state index in [2.05, 4.69) is 51.4 Å². The molecule has 10 heteroatoms. The third-order valence-electron chi connectivity index (χ3n) is 7.70. The maximum absolute atomic E-state index is 13.4. The lowest BCUT2D eigenvalue weighted by atomic mass is 10.1. The minimum absolute atomic E-state index is 0.285. The van der Waals surface area contributed by atoms with E-state index in [1.165, 1.54) is 0 Å². The van der Waals surface area contributed by atoms with Gasteiger partial charge in [0.25, 0.3) is 11.8 Å². The van der Waals surface area contributed by atoms with Gasteiger partial charge in [0.05, 0.1) is 37.8 Å². The van der Waals surface area contributed by atoms with E-state index in [0.29, 0.717) is 30.0 Å². The van der Waals surface area contributed by atoms with Crippen molar-refractivity contribution in [3.05, 3.63) is 89.0 Å². The molecular formula is C34H44N6O4. The lowest BCUT2D eigenvalue weighted by Gasteiger charge is -2.29. The van der Waals surface area contributed by atoms with Crippen LogP contribution in [0.4, 0.5) is 11.4 Å². The lowest BCUT2D eigenvalue weighted by Crippen LogP contribution is -2.36. The monoisotopic (exact) mass is 600 g/mol. The number of rotatable bonds is 14. The molecule has 0 spiro atoms. The van der Waals surface area contributed by atoms with Crippen molar-refractivity contribution in [2.75, 3.05) is 76.9 Å². The van der Waals surface area contributed by atoms with Crippen LogP contribution in [0.25, 0.3) is 0 Å². The molecule has 2 N–H and O–H groups in total. The quantitative estimate of drug-likeness (QED) is 0.210. The number of likely N-dealkylation sites (N-methyl/N-ethyl adjacent to an activating group) is 2. The third kappa shape index (κ3) is 9.37. The Kier molecular flexibility index (Phi) is 12.3. The number of ether oxygens (including phenoxy) is 2. The Morgan fingerprint density at radius 3 is 2.43 bits per heavy atom. The van der Waals surface area contributed by atoms with Crippen LogP contribution < -0.4 is 20.4 Å². The van der Waals surface area contributed by atoms with Gasteiger partial charge in [0.15, 0.2) is 0 Å². The number of carbonyl (C=O) groups is 2. The molecule has 10 nitrogen and oxygen atoms in total. The lowest BCUT2D eigenvalue weighted by molar-refractivity contribution is 0.0956. The smallest absolute Gasteiger partial charge is 0.273 e. The molecule has 2 amide bonds. The Labute approximate surface area is 260 Å². The van der Waals surface area contributed by atoms with Crippen LogP contribution in [0, 0.1) is 0 Å². The van der Waals surface area contributed by atoms with Crippen molar-refractivity contribution in [1.29, 1.82) is 0 Å². The maximum atomic E-state index is 13.4. The fraction of sp³-hybridized carbons (Fsp3) is 0.382. The number of hydrogen-bond acceptors (Lipinski definition) is 8. The number of nitrogens with one attached hydrogen (secondary N) is 2. The van der Waals surface area contributed by atoms with Gasteiger partial charge in [-0.15, -0.1) is 0 Å². The van der Waals surface area contributed by atoms with Gasteiger partial charge < -0.3 is 29.5 Å². The number of anilines is 2. The standard InChI is InChI=1S/C34H44N6O4/c1-5-39(6-2)17-16-38(3)25-27-8-7-9-28(22-27)33(41)36-32-15-12-29(40-18-20-44-21-19-40)23-31(32)34(42)37-35-24-26-10-13-30(43-4)14-11-26/h7-15,22-24H,5-6,16-21,25H2,1-4H3,(H,36,41)(H,37,42). The molecule has 0 saturated carbocycles. The molecule has 3 aromatic rings. The Bertz CT molecular complexity index is 1400. The number of benzene rings is 3. The highest BCUT2D eigenvalue weighted by atomic mass is 16.5. The van der Waals surface area contributed by atoms with Crippen molar-refractivity contribution in [1.82, 2.24) is 15.2 Å². The fourth-order valence-electron chi connectivity index (χ4n) is 5.01. The van der Waals surface area contributed by atoms with E-state index in [1.54, 1.807) is 31.5 Å². The van der Waals surface area contributed by atoms with Crippen molar-refractivity contribution in [3.8, 4) is 5.75 Å². The number of carbonyl (C=O) groups excluding carboxylic acids is 2. The van der Waals surface area contributed by atoms with Crippen molar-refractivity contribution < 1.29 is 19.1 Å². The van der Waals surface area contributed by atoms with E-state index >= 15 is 0 Å². The summed E-state index contributed by atoms with van der Waals surface area (Å²) in [5, 5.41) is 7.12. The predicted octanol–water partition coefficient (Wildman–Crippen LogP) is 4.32. The second-order valence-electron chi connectivity index (χ2n) is 10.7. The molecule has 0 unspecified atom stereocenters. The second-order valence-corrected chi connectivity index (χ2v) is 10.7. The summed E-state index contributed by atoms with van der Waals surface area (Å²) in [5.74, 6) is 0.0237. The molecule has 3 aromatic carbocycles. The van der Waals surface area contributed by atoms with Crippen molar-refractivity contribution in [2.24, 2.45) is 5.10 Å². The molecule has 1 aliphatic rings. The van der Waals surface area contributed by atoms with Gasteiger partial charge in [-0.25, -0.2) is 5.43 Å².